The normalized spacial score (nSPS) is 16.4. The van der Waals surface area contributed by atoms with Crippen LogP contribution in [0.5, 0.6) is 0 Å². The van der Waals surface area contributed by atoms with Crippen molar-refractivity contribution in [3.8, 4) is 0 Å². The van der Waals surface area contributed by atoms with Crippen molar-refractivity contribution < 1.29 is 24.3 Å². The molecule has 1 heterocycles. The van der Waals surface area contributed by atoms with Gasteiger partial charge >= 0.3 is 0 Å². The zero-order valence-corrected chi connectivity index (χ0v) is 9.38. The molecule has 1 aliphatic rings. The standard InChI is InChI=1S/C6H13NO.C4H6O3/c1-2-7-3-5-8-6-4-7;1-3(5)2-4(6)7/h2-6H2,1H3;2H2,1H3,(H,6,7). The predicted octanol–water partition coefficient (Wildman–Crippen LogP) is -2.36. The van der Waals surface area contributed by atoms with E-state index >= 15 is 0 Å². The number of ether oxygens (including phenoxy) is 1. The van der Waals surface area contributed by atoms with Crippen LogP contribution in [0.15, 0.2) is 0 Å². The summed E-state index contributed by atoms with van der Waals surface area (Å²) in [6.07, 6.45) is -0.472. The van der Waals surface area contributed by atoms with Gasteiger partial charge in [-0.15, -0.1) is 0 Å². The molecule has 0 unspecified atom stereocenters. The van der Waals surface area contributed by atoms with E-state index in [4.69, 9.17) is 4.74 Å². The van der Waals surface area contributed by atoms with Crippen LogP contribution < -0.4 is 10.0 Å². The SMILES string of the molecule is CC(=O)CC(=O)[O-].CC[NH+]1CCOCC1. The van der Waals surface area contributed by atoms with Gasteiger partial charge in [-0.1, -0.05) is 0 Å². The van der Waals surface area contributed by atoms with Gasteiger partial charge in [0.2, 0.25) is 0 Å². The fourth-order valence-corrected chi connectivity index (χ4v) is 1.22. The smallest absolute Gasteiger partial charge is 0.135 e. The highest BCUT2D eigenvalue weighted by Crippen LogP contribution is 1.74. The highest BCUT2D eigenvalue weighted by molar-refractivity contribution is 5.92. The minimum atomic E-state index is -1.31. The fraction of sp³-hybridized carbons (Fsp3) is 0.800. The number of hydrogen-bond donors (Lipinski definition) is 1. The van der Waals surface area contributed by atoms with Crippen molar-refractivity contribution in [2.24, 2.45) is 0 Å². The highest BCUT2D eigenvalue weighted by atomic mass is 16.5. The summed E-state index contributed by atoms with van der Waals surface area (Å²) < 4.78 is 5.18. The number of morpholine rings is 1. The molecule has 1 rings (SSSR count). The summed E-state index contributed by atoms with van der Waals surface area (Å²) in [6.45, 7) is 9.01. The number of carboxylic acids is 1. The molecular formula is C10H19NO4. The first-order valence-corrected chi connectivity index (χ1v) is 5.16. The molecule has 0 bridgehead atoms. The zero-order valence-electron chi connectivity index (χ0n) is 9.38. The maximum absolute atomic E-state index is 9.83. The van der Waals surface area contributed by atoms with Crippen molar-refractivity contribution in [3.63, 3.8) is 0 Å². The molecule has 0 aliphatic carbocycles. The molecule has 0 saturated carbocycles. The minimum Gasteiger partial charge on any atom is -0.550 e. The van der Waals surface area contributed by atoms with Gasteiger partial charge in [0.15, 0.2) is 0 Å². The van der Waals surface area contributed by atoms with E-state index in [1.165, 1.54) is 26.6 Å². The van der Waals surface area contributed by atoms with E-state index in [0.717, 1.165) is 13.2 Å². The average molecular weight is 217 g/mol. The molecule has 0 amide bonds. The summed E-state index contributed by atoms with van der Waals surface area (Å²) in [5, 5.41) is 9.48. The fourth-order valence-electron chi connectivity index (χ4n) is 1.22. The third-order valence-electron chi connectivity index (χ3n) is 2.09. The minimum absolute atomic E-state index is 0.375. The van der Waals surface area contributed by atoms with Crippen LogP contribution in [-0.4, -0.2) is 44.6 Å². The van der Waals surface area contributed by atoms with Gasteiger partial charge < -0.3 is 19.5 Å². The molecule has 0 aromatic rings. The van der Waals surface area contributed by atoms with Gasteiger partial charge in [0, 0.05) is 12.4 Å². The van der Waals surface area contributed by atoms with Gasteiger partial charge in [-0.3, -0.25) is 4.79 Å². The van der Waals surface area contributed by atoms with Crippen molar-refractivity contribution in [1.29, 1.82) is 0 Å². The van der Waals surface area contributed by atoms with Crippen LogP contribution in [0.3, 0.4) is 0 Å². The summed E-state index contributed by atoms with van der Waals surface area (Å²) in [6, 6.07) is 0. The molecule has 1 N–H and O–H groups in total. The first-order chi connectivity index (χ1) is 7.06. The van der Waals surface area contributed by atoms with Crippen LogP contribution in [0.25, 0.3) is 0 Å². The molecule has 0 spiro atoms. The number of carbonyl (C=O) groups excluding carboxylic acids is 2. The Balaban J connectivity index is 0.000000265. The second-order valence-electron chi connectivity index (χ2n) is 3.47. The largest absolute Gasteiger partial charge is 0.550 e. The summed E-state index contributed by atoms with van der Waals surface area (Å²) in [7, 11) is 0. The van der Waals surface area contributed by atoms with Crippen molar-refractivity contribution in [2.75, 3.05) is 32.8 Å². The van der Waals surface area contributed by atoms with Crippen LogP contribution in [-0.2, 0) is 14.3 Å². The zero-order chi connectivity index (χ0) is 11.7. The lowest BCUT2D eigenvalue weighted by Gasteiger charge is -2.21. The number of likely N-dealkylation sites (N-methyl/N-ethyl adjacent to an activating group) is 1. The molecule has 1 fully saturated rings. The van der Waals surface area contributed by atoms with Crippen molar-refractivity contribution in [1.82, 2.24) is 0 Å². The van der Waals surface area contributed by atoms with E-state index in [1.54, 1.807) is 4.90 Å². The molecule has 0 radical (unpaired) electrons. The summed E-state index contributed by atoms with van der Waals surface area (Å²) >= 11 is 0. The summed E-state index contributed by atoms with van der Waals surface area (Å²) in [5.41, 5.74) is 0. The molecule has 1 aliphatic heterocycles. The number of rotatable bonds is 3. The van der Waals surface area contributed by atoms with Gasteiger partial charge in [0.25, 0.3) is 0 Å². The van der Waals surface area contributed by atoms with Crippen molar-refractivity contribution in [3.05, 3.63) is 0 Å². The Kier molecular flexibility index (Phi) is 7.85. The number of quaternary nitrogens is 1. The molecule has 5 heteroatoms. The number of nitrogens with one attached hydrogen (secondary N) is 1. The Morgan fingerprint density at radius 1 is 1.33 bits per heavy atom. The maximum atomic E-state index is 9.83. The van der Waals surface area contributed by atoms with E-state index in [0.29, 0.717) is 0 Å². The van der Waals surface area contributed by atoms with E-state index in [1.807, 2.05) is 0 Å². The number of aliphatic carboxylic acids is 1. The van der Waals surface area contributed by atoms with Crippen LogP contribution in [0, 0.1) is 0 Å². The first kappa shape index (κ1) is 14.1. The van der Waals surface area contributed by atoms with E-state index in [2.05, 4.69) is 6.92 Å². The lowest BCUT2D eigenvalue weighted by atomic mass is 10.3. The van der Waals surface area contributed by atoms with Crippen LogP contribution >= 0.6 is 0 Å². The molecule has 88 valence electrons. The second kappa shape index (κ2) is 8.38. The van der Waals surface area contributed by atoms with Gasteiger partial charge in [0.05, 0.1) is 19.8 Å². The quantitative estimate of drug-likeness (QED) is 0.537. The van der Waals surface area contributed by atoms with Crippen molar-refractivity contribution >= 4 is 11.8 Å². The Bertz CT molecular complexity index is 188. The monoisotopic (exact) mass is 217 g/mol. The molecule has 0 atom stereocenters. The van der Waals surface area contributed by atoms with Gasteiger partial charge in [-0.25, -0.2) is 0 Å². The number of hydrogen-bond acceptors (Lipinski definition) is 4. The van der Waals surface area contributed by atoms with E-state index in [-0.39, 0.29) is 5.78 Å². The lowest BCUT2D eigenvalue weighted by molar-refractivity contribution is -0.906. The second-order valence-corrected chi connectivity index (χ2v) is 3.47. The Labute approximate surface area is 90.0 Å². The summed E-state index contributed by atoms with van der Waals surface area (Å²) in [4.78, 5) is 21.0. The highest BCUT2D eigenvalue weighted by Gasteiger charge is 2.09. The van der Waals surface area contributed by atoms with Gasteiger partial charge in [-0.2, -0.15) is 0 Å². The number of ketones is 1. The maximum Gasteiger partial charge on any atom is 0.135 e. The lowest BCUT2D eigenvalue weighted by Crippen LogP contribution is -3.13. The number of carbonyl (C=O) groups is 2. The van der Waals surface area contributed by atoms with Crippen LogP contribution in [0.1, 0.15) is 20.3 Å². The number of Topliss-reactive ketones (excluding diaryl/α,β-unsaturated/α-hetero) is 1. The van der Waals surface area contributed by atoms with E-state index in [9.17, 15) is 14.7 Å². The van der Waals surface area contributed by atoms with Crippen LogP contribution in [0.4, 0.5) is 0 Å². The average Bonchev–Trinajstić information content (AvgIpc) is 2.18. The molecule has 15 heavy (non-hydrogen) atoms. The Morgan fingerprint density at radius 3 is 2.07 bits per heavy atom. The molecular weight excluding hydrogens is 198 g/mol. The van der Waals surface area contributed by atoms with Crippen molar-refractivity contribution in [2.45, 2.75) is 20.3 Å². The Hall–Kier alpha value is -0.940. The molecule has 0 aromatic carbocycles. The molecule has 5 nitrogen and oxygen atoms in total. The topological polar surface area (TPSA) is 70.9 Å². The van der Waals surface area contributed by atoms with Crippen LogP contribution in [0.2, 0.25) is 0 Å². The molecule has 1 saturated heterocycles. The molecule has 0 aromatic heterocycles. The van der Waals surface area contributed by atoms with E-state index < -0.39 is 12.4 Å². The van der Waals surface area contributed by atoms with Gasteiger partial charge in [0.1, 0.15) is 18.9 Å². The van der Waals surface area contributed by atoms with Gasteiger partial charge in [-0.05, 0) is 13.8 Å². The third-order valence-corrected chi connectivity index (χ3v) is 2.09. The Morgan fingerprint density at radius 2 is 1.87 bits per heavy atom. The first-order valence-electron chi connectivity index (χ1n) is 5.16. The predicted molar refractivity (Wildman–Crippen MR) is 52.4 cm³/mol. The number of carboxylic acid groups (broad SMARTS) is 1. The summed E-state index contributed by atoms with van der Waals surface area (Å²) in [5.74, 6) is -1.69. The third kappa shape index (κ3) is 9.37.